The molecule has 0 aliphatic carbocycles. The lowest BCUT2D eigenvalue weighted by Crippen LogP contribution is -2.62. The van der Waals surface area contributed by atoms with Gasteiger partial charge in [-0.1, -0.05) is 93.4 Å². The van der Waals surface area contributed by atoms with Gasteiger partial charge in [0.1, 0.15) is 54.5 Å². The molecule has 3 aliphatic rings. The third-order valence-electron chi connectivity index (χ3n) is 16.2. The minimum absolute atomic E-state index is 0.00155. The number of amides is 6. The number of nitrogens with zero attached hydrogens (tertiary/aromatic N) is 3. The largest absolute Gasteiger partial charge is 0.480 e. The number of rotatable bonds is 26. The topological polar surface area (TPSA) is 351 Å². The van der Waals surface area contributed by atoms with Crippen LogP contribution >= 0.6 is 15.9 Å². The summed E-state index contributed by atoms with van der Waals surface area (Å²) in [6, 6.07) is 8.07. The fourth-order valence-electron chi connectivity index (χ4n) is 11.2. The maximum Gasteiger partial charge on any atom is 0.410 e. The number of cyclic esters (lactones) is 1. The van der Waals surface area contributed by atoms with E-state index in [2.05, 4.69) is 37.2 Å². The van der Waals surface area contributed by atoms with Crippen molar-refractivity contribution in [3.05, 3.63) is 59.7 Å². The number of likely N-dealkylation sites (tertiary alicyclic amines) is 1. The first-order valence-electron chi connectivity index (χ1n) is 28.5. The Hall–Kier alpha value is -6.20. The van der Waals surface area contributed by atoms with Crippen LogP contribution in [-0.2, 0) is 70.3 Å². The van der Waals surface area contributed by atoms with Crippen molar-refractivity contribution in [3.63, 3.8) is 0 Å². The van der Waals surface area contributed by atoms with Crippen molar-refractivity contribution in [2.75, 3.05) is 52.1 Å². The molecule has 6 amide bonds. The Morgan fingerprint density at radius 2 is 1.64 bits per heavy atom. The summed E-state index contributed by atoms with van der Waals surface area (Å²) in [7, 11) is 5.79. The second-order valence-corrected chi connectivity index (χ2v) is 23.2. The molecule has 27 heteroatoms. The monoisotopic (exact) mass is 1260 g/mol. The van der Waals surface area contributed by atoms with Gasteiger partial charge in [0.2, 0.25) is 35.8 Å². The highest BCUT2D eigenvalue weighted by molar-refractivity contribution is 9.09. The number of aliphatic carboxylic acids is 2. The lowest BCUT2D eigenvalue weighted by molar-refractivity contribution is -0.271. The van der Waals surface area contributed by atoms with Gasteiger partial charge in [-0.3, -0.25) is 28.9 Å². The van der Waals surface area contributed by atoms with E-state index in [4.69, 9.17) is 28.4 Å². The number of halogens is 1. The van der Waals surface area contributed by atoms with E-state index in [0.29, 0.717) is 31.4 Å². The number of carboxylic acid groups (broad SMARTS) is 2. The molecule has 2 aromatic rings. The maximum absolute atomic E-state index is 15.1. The van der Waals surface area contributed by atoms with Gasteiger partial charge in [-0.2, -0.15) is 0 Å². The van der Waals surface area contributed by atoms with E-state index in [9.17, 15) is 54.3 Å². The Morgan fingerprint density at radius 3 is 2.24 bits per heavy atom. The highest BCUT2D eigenvalue weighted by Gasteiger charge is 2.49. The number of hydrogen-bond donors (Lipinski definition) is 9. The molecule has 3 aliphatic heterocycles. The molecule has 85 heavy (non-hydrogen) atoms. The minimum atomic E-state index is -1.99. The number of nitrogens with one attached hydrogen (secondary N) is 4. The summed E-state index contributed by atoms with van der Waals surface area (Å²) in [5.41, 5.74) is -0.374. The molecule has 5 rings (SSSR count). The number of aliphatic hydroxyl groups is 3. The molecule has 0 aromatic heterocycles. The second kappa shape index (κ2) is 31.4. The lowest BCUT2D eigenvalue weighted by atomic mass is 9.89. The van der Waals surface area contributed by atoms with E-state index in [0.717, 1.165) is 10.5 Å². The van der Waals surface area contributed by atoms with Crippen LogP contribution in [0.3, 0.4) is 0 Å². The Morgan fingerprint density at radius 1 is 0.953 bits per heavy atom. The standard InChI is InChI=1S/C58H86BrN7O19/c1-12-31(4)44(40(80-10)27-42(68)66-24-16-19-38(66)49(81-11)32(5)51(72)61-37(54(75)76)25-34-17-14-13-15-18-34)64(8)53(74)43(30(2)3)62-52(73)45-33(6)85-58(7,22-23-60-41(67)28-59)63-36-26-35(29-82-57(79)65(45)9)20-21-39(36)83-56-48(71)46(69)47(70)50(84-56)55(77)78/h13-15,17-18,20-21,26,30-33,37-38,40,43-50,56,63,69-71H,12,16,19,22-25,27-29H2,1-11H3,(H,60,67)(H,61,72)(H,62,73)(H,75,76)(H,77,78)/t31-,32-,33?,37+,38+,40-,43+,44+,45+,46+,47+,48-,49-,50+,56-,58?/m1/s1. The first kappa shape index (κ1) is 69.6. The Balaban J connectivity index is 1.39. The summed E-state index contributed by atoms with van der Waals surface area (Å²) in [4.78, 5) is 113. The van der Waals surface area contributed by atoms with Gasteiger partial charge in [-0.15, -0.1) is 0 Å². The zero-order valence-corrected chi connectivity index (χ0v) is 51.7. The zero-order valence-electron chi connectivity index (χ0n) is 50.1. The summed E-state index contributed by atoms with van der Waals surface area (Å²) >= 11 is 3.13. The number of hydrogen-bond acceptors (Lipinski definition) is 18. The van der Waals surface area contributed by atoms with Crippen molar-refractivity contribution in [2.45, 2.75) is 179 Å². The molecular weight excluding hydrogens is 1180 g/mol. The smallest absolute Gasteiger partial charge is 0.410 e. The predicted octanol–water partition coefficient (Wildman–Crippen LogP) is 2.22. The third kappa shape index (κ3) is 17.7. The summed E-state index contributed by atoms with van der Waals surface area (Å²) in [6.07, 6.45) is -12.1. The van der Waals surface area contributed by atoms with Crippen molar-refractivity contribution in [1.29, 1.82) is 0 Å². The predicted molar refractivity (Wildman–Crippen MR) is 310 cm³/mol. The van der Waals surface area contributed by atoms with Crippen LogP contribution in [0.25, 0.3) is 0 Å². The van der Waals surface area contributed by atoms with Gasteiger partial charge in [-0.25, -0.2) is 14.4 Å². The lowest BCUT2D eigenvalue weighted by Gasteiger charge is -2.42. The van der Waals surface area contributed by atoms with Crippen molar-refractivity contribution < 1.29 is 92.3 Å². The van der Waals surface area contributed by atoms with Crippen LogP contribution in [0.2, 0.25) is 0 Å². The third-order valence-corrected chi connectivity index (χ3v) is 16.7. The summed E-state index contributed by atoms with van der Waals surface area (Å²) in [5.74, 6) is -7.19. The summed E-state index contributed by atoms with van der Waals surface area (Å²) < 4.78 is 35.8. The van der Waals surface area contributed by atoms with Gasteiger partial charge < -0.3 is 85.0 Å². The first-order chi connectivity index (χ1) is 40.1. The molecule has 9 N–H and O–H groups in total. The number of carboxylic acids is 2. The van der Waals surface area contributed by atoms with Crippen LogP contribution in [0, 0.1) is 17.8 Å². The van der Waals surface area contributed by atoms with E-state index in [-0.39, 0.29) is 66.9 Å². The number of methoxy groups -OCH3 is 2. The highest BCUT2D eigenvalue weighted by atomic mass is 79.9. The Kier molecular flexibility index (Phi) is 25.7. The first-order valence-corrected chi connectivity index (χ1v) is 29.6. The van der Waals surface area contributed by atoms with Crippen LogP contribution in [-0.4, -0.2) is 219 Å². The van der Waals surface area contributed by atoms with Crippen LogP contribution in [0.5, 0.6) is 5.75 Å². The number of fused-ring (bicyclic) bond motifs is 2. The molecule has 474 valence electrons. The number of ether oxygens (including phenoxy) is 6. The normalized spacial score (nSPS) is 26.1. The van der Waals surface area contributed by atoms with E-state index < -0.39 is 133 Å². The minimum Gasteiger partial charge on any atom is -0.480 e. The fourth-order valence-corrected chi connectivity index (χ4v) is 11.4. The van der Waals surface area contributed by atoms with Gasteiger partial charge in [0.15, 0.2) is 6.10 Å². The zero-order chi connectivity index (χ0) is 63.2. The molecule has 2 saturated heterocycles. The molecular formula is C58H86BrN7O19. The quantitative estimate of drug-likeness (QED) is 0.0610. The summed E-state index contributed by atoms with van der Waals surface area (Å²) in [5, 5.41) is 63.0. The number of aliphatic hydroxyl groups excluding tert-OH is 3. The number of benzene rings is 2. The van der Waals surface area contributed by atoms with Gasteiger partial charge in [0, 0.05) is 54.2 Å². The van der Waals surface area contributed by atoms with Crippen LogP contribution in [0.1, 0.15) is 91.7 Å². The van der Waals surface area contributed by atoms with E-state index >= 15 is 9.59 Å². The Labute approximate surface area is 504 Å². The molecule has 0 radical (unpaired) electrons. The molecule has 2 unspecified atom stereocenters. The van der Waals surface area contributed by atoms with E-state index in [1.807, 2.05) is 19.9 Å². The molecule has 2 aromatic carbocycles. The SMILES string of the molecule is CC[C@@H](C)[C@@H]([C@@H](CC(=O)N1CCC[C@H]1[C@H](OC)[C@@H](C)C(=O)N[C@@H](Cc1ccccc1)C(=O)O)OC)N(C)C(=O)[C@@H](NC(=O)[C@@H]1C(C)OC(C)(CCNC(=O)CBr)Nc2cc(ccc2O[C@@H]2O[C@H](C(=O)O)[C@@H](O)[C@H](O)[C@H]2O)COC(=O)N1C)C(C)C. The van der Waals surface area contributed by atoms with Crippen LogP contribution in [0.15, 0.2) is 48.5 Å². The van der Waals surface area contributed by atoms with Crippen molar-refractivity contribution in [1.82, 2.24) is 30.7 Å². The van der Waals surface area contributed by atoms with Gasteiger partial charge in [0.25, 0.3) is 0 Å². The maximum atomic E-state index is 15.1. The van der Waals surface area contributed by atoms with Crippen molar-refractivity contribution in [3.8, 4) is 5.75 Å². The number of carbonyl (C=O) groups excluding carboxylic acids is 6. The summed E-state index contributed by atoms with van der Waals surface area (Å²) in [6.45, 7) is 12.0. The van der Waals surface area contributed by atoms with Gasteiger partial charge in [-0.05, 0) is 61.8 Å². The number of alkyl halides is 1. The van der Waals surface area contributed by atoms with Crippen molar-refractivity contribution in [2.24, 2.45) is 17.8 Å². The number of anilines is 1. The number of carbonyl (C=O) groups is 8. The van der Waals surface area contributed by atoms with Gasteiger partial charge >= 0.3 is 18.0 Å². The van der Waals surface area contributed by atoms with E-state index in [1.165, 1.54) is 51.3 Å². The molecule has 3 heterocycles. The average Bonchev–Trinajstić information content (AvgIpc) is 2.66. The second-order valence-electron chi connectivity index (χ2n) is 22.6. The highest BCUT2D eigenvalue weighted by Crippen LogP contribution is 2.36. The molecule has 26 nitrogen and oxygen atoms in total. The molecule has 0 saturated carbocycles. The Bertz CT molecular complexity index is 2620. The van der Waals surface area contributed by atoms with Crippen LogP contribution in [0.4, 0.5) is 10.5 Å². The van der Waals surface area contributed by atoms with Gasteiger partial charge in [0.05, 0.1) is 53.8 Å². The van der Waals surface area contributed by atoms with Crippen molar-refractivity contribution >= 4 is 69.2 Å². The van der Waals surface area contributed by atoms with E-state index in [1.54, 1.807) is 63.9 Å². The molecule has 2 fully saturated rings. The molecule has 0 spiro atoms. The van der Waals surface area contributed by atoms with Crippen LogP contribution < -0.4 is 26.0 Å². The number of likely N-dealkylation sites (N-methyl/N-ethyl adjacent to an activating group) is 2. The average molecular weight is 1270 g/mol. The fraction of sp³-hybridized carbons (Fsp3) is 0.655. The molecule has 2 bridgehead atoms. The molecule has 16 atom stereocenters.